The minimum absolute atomic E-state index is 0.0488. The van der Waals surface area contributed by atoms with Crippen LogP contribution in [0.2, 0.25) is 0 Å². The predicted molar refractivity (Wildman–Crippen MR) is 85.0 cm³/mol. The molecule has 0 radical (unpaired) electrons. The zero-order chi connectivity index (χ0) is 15.7. The van der Waals surface area contributed by atoms with Crippen LogP contribution in [0, 0.1) is 0 Å². The van der Waals surface area contributed by atoms with E-state index in [0.717, 1.165) is 18.4 Å². The molecular formula is C16H24N2O3. The van der Waals surface area contributed by atoms with Crippen LogP contribution in [0.5, 0.6) is 5.75 Å². The molecule has 3 N–H and O–H groups in total. The Morgan fingerprint density at radius 1 is 1.48 bits per heavy atom. The molecule has 1 rings (SSSR count). The molecule has 1 aromatic rings. The first-order valence-corrected chi connectivity index (χ1v) is 7.14. The summed E-state index contributed by atoms with van der Waals surface area (Å²) in [6, 6.07) is 5.44. The van der Waals surface area contributed by atoms with E-state index in [2.05, 4.69) is 6.92 Å². The molecule has 0 aliphatic carbocycles. The Labute approximate surface area is 126 Å². The van der Waals surface area contributed by atoms with Crippen molar-refractivity contribution >= 4 is 17.7 Å². The number of rotatable bonds is 8. The quantitative estimate of drug-likeness (QED) is 0.436. The van der Waals surface area contributed by atoms with Gasteiger partial charge in [0.25, 0.3) is 0 Å². The predicted octanol–water partition coefficient (Wildman–Crippen LogP) is 1.91. The van der Waals surface area contributed by atoms with Gasteiger partial charge in [0.05, 0.1) is 18.9 Å². The van der Waals surface area contributed by atoms with E-state index in [1.807, 2.05) is 12.1 Å². The lowest BCUT2D eigenvalue weighted by atomic mass is 10.1. The van der Waals surface area contributed by atoms with Gasteiger partial charge < -0.3 is 20.5 Å². The van der Waals surface area contributed by atoms with Crippen LogP contribution in [0.4, 0.5) is 5.69 Å². The van der Waals surface area contributed by atoms with Gasteiger partial charge in [-0.3, -0.25) is 4.79 Å². The van der Waals surface area contributed by atoms with Gasteiger partial charge in [-0.1, -0.05) is 19.4 Å². The molecule has 5 heteroatoms. The van der Waals surface area contributed by atoms with Crippen LogP contribution >= 0.6 is 0 Å². The van der Waals surface area contributed by atoms with Crippen LogP contribution in [0.25, 0.3) is 6.08 Å². The largest absolute Gasteiger partial charge is 0.491 e. The van der Waals surface area contributed by atoms with Gasteiger partial charge in [0.15, 0.2) is 0 Å². The molecule has 21 heavy (non-hydrogen) atoms. The summed E-state index contributed by atoms with van der Waals surface area (Å²) >= 11 is 0. The summed E-state index contributed by atoms with van der Waals surface area (Å²) in [5.41, 5.74) is 7.32. The molecule has 0 saturated carbocycles. The average Bonchev–Trinajstić information content (AvgIpc) is 2.47. The van der Waals surface area contributed by atoms with E-state index < -0.39 is 0 Å². The number of hydrogen-bond acceptors (Lipinski definition) is 4. The smallest absolute Gasteiger partial charge is 0.246 e. The highest BCUT2D eigenvalue weighted by atomic mass is 16.5. The van der Waals surface area contributed by atoms with Gasteiger partial charge >= 0.3 is 0 Å². The van der Waals surface area contributed by atoms with Crippen molar-refractivity contribution in [3.05, 3.63) is 29.8 Å². The van der Waals surface area contributed by atoms with Crippen LogP contribution in [0.1, 0.15) is 25.3 Å². The van der Waals surface area contributed by atoms with E-state index >= 15 is 0 Å². The van der Waals surface area contributed by atoms with Gasteiger partial charge in [-0.2, -0.15) is 0 Å². The number of hydrogen-bond donors (Lipinski definition) is 2. The van der Waals surface area contributed by atoms with E-state index in [-0.39, 0.29) is 12.5 Å². The van der Waals surface area contributed by atoms with E-state index in [4.69, 9.17) is 15.6 Å². The number of aliphatic hydroxyl groups excluding tert-OH is 1. The van der Waals surface area contributed by atoms with Crippen molar-refractivity contribution in [2.75, 3.05) is 32.5 Å². The summed E-state index contributed by atoms with van der Waals surface area (Å²) < 4.78 is 5.58. The standard InChI is InChI=1S/C16H24N2O3/c1-3-4-11-21-15-7-5-13(12-14(15)17)6-8-16(20)18(2)9-10-19/h5-8,12,19H,3-4,9-11,17H2,1-2H3/b8-6-. The van der Waals surface area contributed by atoms with Gasteiger partial charge in [0.2, 0.25) is 5.91 Å². The lowest BCUT2D eigenvalue weighted by Crippen LogP contribution is -2.27. The molecule has 0 aliphatic rings. The van der Waals surface area contributed by atoms with Gasteiger partial charge in [-0.25, -0.2) is 0 Å². The summed E-state index contributed by atoms with van der Waals surface area (Å²) in [5, 5.41) is 8.78. The zero-order valence-electron chi connectivity index (χ0n) is 12.7. The topological polar surface area (TPSA) is 75.8 Å². The van der Waals surface area contributed by atoms with Gasteiger partial charge in [-0.05, 0) is 30.2 Å². The second-order valence-corrected chi connectivity index (χ2v) is 4.82. The summed E-state index contributed by atoms with van der Waals surface area (Å²) in [5.74, 6) is 0.509. The van der Waals surface area contributed by atoms with E-state index in [1.54, 1.807) is 19.2 Å². The number of likely N-dealkylation sites (N-methyl/N-ethyl adjacent to an activating group) is 1. The number of unbranched alkanes of at least 4 members (excludes halogenated alkanes) is 1. The third-order valence-electron chi connectivity index (χ3n) is 3.02. The molecular weight excluding hydrogens is 268 g/mol. The van der Waals surface area contributed by atoms with Crippen LogP contribution < -0.4 is 10.5 Å². The van der Waals surface area contributed by atoms with E-state index in [1.165, 1.54) is 11.0 Å². The number of nitrogen functional groups attached to an aromatic ring is 1. The fourth-order valence-electron chi connectivity index (χ4n) is 1.68. The minimum atomic E-state index is -0.161. The highest BCUT2D eigenvalue weighted by molar-refractivity contribution is 5.91. The molecule has 1 amide bonds. The highest BCUT2D eigenvalue weighted by Crippen LogP contribution is 2.23. The average molecular weight is 292 g/mol. The zero-order valence-corrected chi connectivity index (χ0v) is 12.7. The Hall–Kier alpha value is -2.01. The number of amides is 1. The third kappa shape index (κ3) is 5.87. The molecule has 1 aromatic carbocycles. The Morgan fingerprint density at radius 2 is 2.24 bits per heavy atom. The van der Waals surface area contributed by atoms with Crippen LogP contribution in [-0.4, -0.2) is 42.7 Å². The molecule has 0 unspecified atom stereocenters. The summed E-state index contributed by atoms with van der Waals surface area (Å²) in [6.07, 6.45) is 5.22. The maximum atomic E-state index is 11.7. The molecule has 5 nitrogen and oxygen atoms in total. The Kier molecular flexibility index (Phi) is 7.32. The van der Waals surface area contributed by atoms with Gasteiger partial charge in [-0.15, -0.1) is 0 Å². The molecule has 116 valence electrons. The third-order valence-corrected chi connectivity index (χ3v) is 3.02. The first-order chi connectivity index (χ1) is 10.1. The van der Waals surface area contributed by atoms with Crippen LogP contribution in [0.15, 0.2) is 24.3 Å². The summed E-state index contributed by atoms with van der Waals surface area (Å²) in [4.78, 5) is 13.2. The van der Waals surface area contributed by atoms with Gasteiger partial charge in [0.1, 0.15) is 5.75 Å². The Morgan fingerprint density at radius 3 is 2.86 bits per heavy atom. The minimum Gasteiger partial charge on any atom is -0.491 e. The first kappa shape index (κ1) is 17.0. The van der Waals surface area contributed by atoms with Crippen LogP contribution in [0.3, 0.4) is 0 Å². The van der Waals surface area contributed by atoms with Crippen molar-refractivity contribution in [3.8, 4) is 5.75 Å². The summed E-state index contributed by atoms with van der Waals surface area (Å²) in [7, 11) is 1.64. The number of aliphatic hydroxyl groups is 1. The molecule has 0 bridgehead atoms. The second kappa shape index (κ2) is 9.02. The van der Waals surface area contributed by atoms with Crippen LogP contribution in [-0.2, 0) is 4.79 Å². The Balaban J connectivity index is 2.64. The normalized spacial score (nSPS) is 10.8. The fourth-order valence-corrected chi connectivity index (χ4v) is 1.68. The molecule has 0 atom stereocenters. The molecule has 0 spiro atoms. The maximum Gasteiger partial charge on any atom is 0.246 e. The van der Waals surface area contributed by atoms with Crippen molar-refractivity contribution in [1.82, 2.24) is 4.90 Å². The van der Waals surface area contributed by atoms with Crippen molar-refractivity contribution in [3.63, 3.8) is 0 Å². The summed E-state index contributed by atoms with van der Waals surface area (Å²) in [6.45, 7) is 3.02. The molecule has 0 fully saturated rings. The van der Waals surface area contributed by atoms with E-state index in [0.29, 0.717) is 24.6 Å². The fraction of sp³-hybridized carbons (Fsp3) is 0.438. The first-order valence-electron chi connectivity index (χ1n) is 7.14. The van der Waals surface area contributed by atoms with Gasteiger partial charge in [0, 0.05) is 19.7 Å². The lowest BCUT2D eigenvalue weighted by Gasteiger charge is -2.12. The molecule has 0 aromatic heterocycles. The number of nitrogens with zero attached hydrogens (tertiary/aromatic N) is 1. The number of nitrogens with two attached hydrogens (primary N) is 1. The highest BCUT2D eigenvalue weighted by Gasteiger charge is 2.04. The number of benzene rings is 1. The number of ether oxygens (including phenoxy) is 1. The number of anilines is 1. The Bertz CT molecular complexity index is 486. The van der Waals surface area contributed by atoms with E-state index in [9.17, 15) is 4.79 Å². The van der Waals surface area contributed by atoms with Crippen molar-refractivity contribution < 1.29 is 14.6 Å². The van der Waals surface area contributed by atoms with Crippen molar-refractivity contribution in [2.24, 2.45) is 0 Å². The monoisotopic (exact) mass is 292 g/mol. The number of carbonyl (C=O) groups excluding carboxylic acids is 1. The maximum absolute atomic E-state index is 11.7. The lowest BCUT2D eigenvalue weighted by molar-refractivity contribution is -0.125. The SMILES string of the molecule is CCCCOc1ccc(/C=C\C(=O)N(C)CCO)cc1N. The van der Waals surface area contributed by atoms with Crippen molar-refractivity contribution in [2.45, 2.75) is 19.8 Å². The van der Waals surface area contributed by atoms with Crippen molar-refractivity contribution in [1.29, 1.82) is 0 Å². The molecule has 0 saturated heterocycles. The molecule has 0 heterocycles. The second-order valence-electron chi connectivity index (χ2n) is 4.82. The molecule has 0 aliphatic heterocycles. The number of carbonyl (C=O) groups is 1.